The van der Waals surface area contributed by atoms with Gasteiger partial charge in [-0.1, -0.05) is 6.92 Å². The average molecular weight is 252 g/mol. The Morgan fingerprint density at radius 3 is 2.76 bits per heavy atom. The Morgan fingerprint density at radius 1 is 1.53 bits per heavy atom. The lowest BCUT2D eigenvalue weighted by Gasteiger charge is -2.31. The second-order valence-electron chi connectivity index (χ2n) is 4.63. The highest BCUT2D eigenvalue weighted by Crippen LogP contribution is 2.15. The molecule has 0 radical (unpaired) electrons. The van der Waals surface area contributed by atoms with E-state index in [1.165, 1.54) is 4.88 Å². The number of carbonyl (C=O) groups excluding carboxylic acids is 1. The first-order valence-corrected chi connectivity index (χ1v) is 7.15. The third-order valence-corrected chi connectivity index (χ3v) is 4.22. The number of nitrogens with one attached hydrogen (secondary N) is 1. The van der Waals surface area contributed by atoms with E-state index in [0.29, 0.717) is 6.04 Å². The van der Waals surface area contributed by atoms with Gasteiger partial charge in [-0.3, -0.25) is 4.79 Å². The van der Waals surface area contributed by atoms with Crippen LogP contribution >= 0.6 is 11.3 Å². The zero-order chi connectivity index (χ0) is 12.3. The summed E-state index contributed by atoms with van der Waals surface area (Å²) < 4.78 is 0. The van der Waals surface area contributed by atoms with Crippen LogP contribution in [-0.4, -0.2) is 36.5 Å². The van der Waals surface area contributed by atoms with E-state index in [9.17, 15) is 4.79 Å². The maximum Gasteiger partial charge on any atom is 0.252 e. The van der Waals surface area contributed by atoms with Crippen molar-refractivity contribution in [2.75, 3.05) is 19.6 Å². The molecule has 4 heteroatoms. The zero-order valence-electron chi connectivity index (χ0n) is 10.5. The van der Waals surface area contributed by atoms with Gasteiger partial charge in [0.15, 0.2) is 0 Å². The Kier molecular flexibility index (Phi) is 4.18. The highest BCUT2D eigenvalue weighted by Gasteiger charge is 2.20. The van der Waals surface area contributed by atoms with E-state index < -0.39 is 0 Å². The first kappa shape index (κ1) is 12.6. The van der Waals surface area contributed by atoms with Crippen molar-refractivity contribution in [3.63, 3.8) is 0 Å². The van der Waals surface area contributed by atoms with E-state index >= 15 is 0 Å². The molecule has 94 valence electrons. The highest BCUT2D eigenvalue weighted by molar-refractivity contribution is 7.10. The van der Waals surface area contributed by atoms with E-state index in [2.05, 4.69) is 17.1 Å². The predicted molar refractivity (Wildman–Crippen MR) is 71.7 cm³/mol. The summed E-state index contributed by atoms with van der Waals surface area (Å²) in [5.41, 5.74) is 0.811. The van der Waals surface area contributed by atoms with Crippen molar-refractivity contribution in [3.8, 4) is 0 Å². The molecule has 2 rings (SSSR count). The Labute approximate surface area is 107 Å². The van der Waals surface area contributed by atoms with Crippen molar-refractivity contribution < 1.29 is 4.79 Å². The van der Waals surface area contributed by atoms with Crippen molar-refractivity contribution >= 4 is 17.2 Å². The van der Waals surface area contributed by atoms with Gasteiger partial charge in [-0.15, -0.1) is 11.3 Å². The molecule has 0 bridgehead atoms. The summed E-state index contributed by atoms with van der Waals surface area (Å²) in [4.78, 5) is 15.6. The number of hydrogen-bond acceptors (Lipinski definition) is 3. The van der Waals surface area contributed by atoms with Crippen LogP contribution in [0.15, 0.2) is 11.4 Å². The number of rotatable bonds is 3. The van der Waals surface area contributed by atoms with Crippen LogP contribution in [0.3, 0.4) is 0 Å². The average Bonchev–Trinajstić information content (AvgIpc) is 2.77. The minimum Gasteiger partial charge on any atom is -0.349 e. The van der Waals surface area contributed by atoms with Gasteiger partial charge in [-0.2, -0.15) is 0 Å². The molecule has 2 heterocycles. The van der Waals surface area contributed by atoms with Gasteiger partial charge in [0.05, 0.1) is 5.56 Å². The highest BCUT2D eigenvalue weighted by atomic mass is 32.1. The maximum atomic E-state index is 12.0. The summed E-state index contributed by atoms with van der Waals surface area (Å²) in [6.45, 7) is 7.53. The Hall–Kier alpha value is -0.870. The SMILES string of the molecule is CCN1CCC(NC(=O)c2csc(C)c2)CC1. The molecule has 1 aromatic heterocycles. The van der Waals surface area contributed by atoms with Crippen LogP contribution in [0, 0.1) is 6.92 Å². The topological polar surface area (TPSA) is 32.3 Å². The lowest BCUT2D eigenvalue weighted by atomic mass is 10.0. The predicted octanol–water partition coefficient (Wildman–Crippen LogP) is 2.27. The van der Waals surface area contributed by atoms with E-state index in [0.717, 1.165) is 38.0 Å². The molecule has 1 fully saturated rings. The van der Waals surface area contributed by atoms with Crippen LogP contribution < -0.4 is 5.32 Å². The molecular formula is C13H20N2OS. The van der Waals surface area contributed by atoms with Crippen LogP contribution in [0.25, 0.3) is 0 Å². The lowest BCUT2D eigenvalue weighted by Crippen LogP contribution is -2.44. The molecule has 1 aromatic rings. The van der Waals surface area contributed by atoms with Crippen LogP contribution in [0.4, 0.5) is 0 Å². The third-order valence-electron chi connectivity index (χ3n) is 3.36. The first-order valence-electron chi connectivity index (χ1n) is 6.27. The van der Waals surface area contributed by atoms with Gasteiger partial charge in [0.2, 0.25) is 0 Å². The van der Waals surface area contributed by atoms with Gasteiger partial charge in [-0.05, 0) is 32.4 Å². The summed E-state index contributed by atoms with van der Waals surface area (Å²) in [6.07, 6.45) is 2.14. The molecule has 0 saturated carbocycles. The van der Waals surface area contributed by atoms with E-state index in [4.69, 9.17) is 0 Å². The largest absolute Gasteiger partial charge is 0.349 e. The molecule has 0 spiro atoms. The van der Waals surface area contributed by atoms with Crippen LogP contribution in [0.1, 0.15) is 35.0 Å². The molecule has 1 aliphatic rings. The smallest absolute Gasteiger partial charge is 0.252 e. The summed E-state index contributed by atoms with van der Waals surface area (Å²) in [5.74, 6) is 0.0873. The molecule has 17 heavy (non-hydrogen) atoms. The Balaban J connectivity index is 1.84. The number of thiophene rings is 1. The lowest BCUT2D eigenvalue weighted by molar-refractivity contribution is 0.0913. The minimum absolute atomic E-state index is 0.0873. The second-order valence-corrected chi connectivity index (χ2v) is 5.74. The van der Waals surface area contributed by atoms with Crippen molar-refractivity contribution in [3.05, 3.63) is 21.9 Å². The van der Waals surface area contributed by atoms with Gasteiger partial charge in [0.1, 0.15) is 0 Å². The molecular weight excluding hydrogens is 232 g/mol. The molecule has 1 amide bonds. The van der Waals surface area contributed by atoms with E-state index in [1.54, 1.807) is 11.3 Å². The standard InChI is InChI=1S/C13H20N2OS/c1-3-15-6-4-12(5-7-15)14-13(16)11-8-10(2)17-9-11/h8-9,12H,3-7H2,1-2H3,(H,14,16). The monoisotopic (exact) mass is 252 g/mol. The van der Waals surface area contributed by atoms with Crippen molar-refractivity contribution in [2.24, 2.45) is 0 Å². The number of piperidine rings is 1. The van der Waals surface area contributed by atoms with Gasteiger partial charge in [0.25, 0.3) is 5.91 Å². The number of hydrogen-bond donors (Lipinski definition) is 1. The fourth-order valence-corrected chi connectivity index (χ4v) is 2.91. The molecule has 1 aliphatic heterocycles. The normalized spacial score (nSPS) is 18.2. The fraction of sp³-hybridized carbons (Fsp3) is 0.615. The van der Waals surface area contributed by atoms with E-state index in [-0.39, 0.29) is 5.91 Å². The van der Waals surface area contributed by atoms with Crippen LogP contribution in [0.2, 0.25) is 0 Å². The molecule has 1 saturated heterocycles. The number of amides is 1. The third kappa shape index (κ3) is 3.30. The number of likely N-dealkylation sites (tertiary alicyclic amines) is 1. The van der Waals surface area contributed by atoms with Crippen LogP contribution in [0.5, 0.6) is 0 Å². The van der Waals surface area contributed by atoms with Gasteiger partial charge in [-0.25, -0.2) is 0 Å². The van der Waals surface area contributed by atoms with Gasteiger partial charge < -0.3 is 10.2 Å². The summed E-state index contributed by atoms with van der Waals surface area (Å²) >= 11 is 1.63. The Bertz CT molecular complexity index is 381. The molecule has 0 atom stereocenters. The molecule has 0 aromatic carbocycles. The summed E-state index contributed by atoms with van der Waals surface area (Å²) in [7, 11) is 0. The summed E-state index contributed by atoms with van der Waals surface area (Å²) in [6, 6.07) is 2.31. The van der Waals surface area contributed by atoms with Gasteiger partial charge in [0, 0.05) is 29.4 Å². The number of carbonyl (C=O) groups is 1. The molecule has 0 aliphatic carbocycles. The summed E-state index contributed by atoms with van der Waals surface area (Å²) in [5, 5.41) is 5.07. The van der Waals surface area contributed by atoms with Crippen molar-refractivity contribution in [1.82, 2.24) is 10.2 Å². The van der Waals surface area contributed by atoms with Crippen molar-refractivity contribution in [2.45, 2.75) is 32.7 Å². The minimum atomic E-state index is 0.0873. The second kappa shape index (κ2) is 5.65. The first-order chi connectivity index (χ1) is 8.19. The molecule has 0 unspecified atom stereocenters. The quantitative estimate of drug-likeness (QED) is 0.895. The zero-order valence-corrected chi connectivity index (χ0v) is 11.3. The van der Waals surface area contributed by atoms with Gasteiger partial charge >= 0.3 is 0 Å². The Morgan fingerprint density at radius 2 is 2.24 bits per heavy atom. The van der Waals surface area contributed by atoms with E-state index in [1.807, 2.05) is 18.4 Å². The number of nitrogens with zero attached hydrogens (tertiary/aromatic N) is 1. The number of aryl methyl sites for hydroxylation is 1. The molecule has 1 N–H and O–H groups in total. The molecule has 3 nitrogen and oxygen atoms in total. The fourth-order valence-electron chi connectivity index (χ4n) is 2.22. The van der Waals surface area contributed by atoms with Crippen molar-refractivity contribution in [1.29, 1.82) is 0 Å². The van der Waals surface area contributed by atoms with Crippen LogP contribution in [-0.2, 0) is 0 Å². The maximum absolute atomic E-state index is 12.0.